The SMILES string of the molecule is NS(=O)(=O)c1cnc(N[C@H]2CCCC[C@@H]2O)s1. The number of aliphatic hydroxyl groups excluding tert-OH is 1. The number of anilines is 1. The maximum Gasteiger partial charge on any atom is 0.249 e. The number of aromatic nitrogens is 1. The number of hydrogen-bond acceptors (Lipinski definition) is 6. The van der Waals surface area contributed by atoms with Gasteiger partial charge in [0.2, 0.25) is 10.0 Å². The van der Waals surface area contributed by atoms with E-state index in [1.54, 1.807) is 0 Å². The van der Waals surface area contributed by atoms with E-state index in [9.17, 15) is 13.5 Å². The molecule has 0 bridgehead atoms. The number of thiazole rings is 1. The van der Waals surface area contributed by atoms with E-state index < -0.39 is 16.1 Å². The van der Waals surface area contributed by atoms with Crippen molar-refractivity contribution in [2.24, 2.45) is 5.14 Å². The van der Waals surface area contributed by atoms with Gasteiger partial charge in [0.25, 0.3) is 0 Å². The Morgan fingerprint density at radius 2 is 2.18 bits per heavy atom. The molecule has 17 heavy (non-hydrogen) atoms. The van der Waals surface area contributed by atoms with Crippen LogP contribution in [0.5, 0.6) is 0 Å². The first-order valence-electron chi connectivity index (χ1n) is 5.40. The third-order valence-electron chi connectivity index (χ3n) is 2.80. The zero-order valence-corrected chi connectivity index (χ0v) is 10.8. The molecular weight excluding hydrogens is 262 g/mol. The van der Waals surface area contributed by atoms with Crippen molar-refractivity contribution in [2.45, 2.75) is 42.0 Å². The molecule has 8 heteroatoms. The van der Waals surface area contributed by atoms with Crippen LogP contribution in [0.1, 0.15) is 25.7 Å². The zero-order valence-electron chi connectivity index (χ0n) is 9.17. The summed E-state index contributed by atoms with van der Waals surface area (Å²) >= 11 is 0.989. The summed E-state index contributed by atoms with van der Waals surface area (Å²) in [4.78, 5) is 3.95. The predicted octanol–water partition coefficient (Wildman–Crippen LogP) is 0.506. The molecule has 1 aromatic rings. The molecule has 4 N–H and O–H groups in total. The van der Waals surface area contributed by atoms with Crippen LogP contribution in [0.15, 0.2) is 10.4 Å². The molecule has 96 valence electrons. The summed E-state index contributed by atoms with van der Waals surface area (Å²) in [6.45, 7) is 0. The molecule has 1 aromatic heterocycles. The van der Waals surface area contributed by atoms with Gasteiger partial charge >= 0.3 is 0 Å². The monoisotopic (exact) mass is 277 g/mol. The lowest BCUT2D eigenvalue weighted by atomic mass is 9.93. The fraction of sp³-hybridized carbons (Fsp3) is 0.667. The van der Waals surface area contributed by atoms with E-state index in [0.29, 0.717) is 5.13 Å². The second-order valence-corrected chi connectivity index (χ2v) is 6.95. The van der Waals surface area contributed by atoms with Crippen molar-refractivity contribution in [1.82, 2.24) is 4.98 Å². The maximum absolute atomic E-state index is 11.1. The van der Waals surface area contributed by atoms with Gasteiger partial charge in [-0.15, -0.1) is 0 Å². The van der Waals surface area contributed by atoms with Gasteiger partial charge in [-0.1, -0.05) is 24.2 Å². The topological polar surface area (TPSA) is 105 Å². The molecule has 1 aliphatic rings. The molecule has 6 nitrogen and oxygen atoms in total. The summed E-state index contributed by atoms with van der Waals surface area (Å²) < 4.78 is 22.2. The average Bonchev–Trinajstić information content (AvgIpc) is 2.69. The Bertz CT molecular complexity index is 485. The van der Waals surface area contributed by atoms with Crippen LogP contribution in [0.3, 0.4) is 0 Å². The van der Waals surface area contributed by atoms with Crippen molar-refractivity contribution < 1.29 is 13.5 Å². The Hall–Kier alpha value is -0.700. The van der Waals surface area contributed by atoms with Crippen molar-refractivity contribution in [2.75, 3.05) is 5.32 Å². The van der Waals surface area contributed by atoms with Gasteiger partial charge in [-0.3, -0.25) is 0 Å². The largest absolute Gasteiger partial charge is 0.391 e. The first-order valence-corrected chi connectivity index (χ1v) is 7.76. The zero-order chi connectivity index (χ0) is 12.5. The van der Waals surface area contributed by atoms with E-state index in [1.165, 1.54) is 6.20 Å². The Morgan fingerprint density at radius 1 is 1.47 bits per heavy atom. The van der Waals surface area contributed by atoms with Crippen LogP contribution in [-0.2, 0) is 10.0 Å². The van der Waals surface area contributed by atoms with Gasteiger partial charge < -0.3 is 10.4 Å². The first-order chi connectivity index (χ1) is 7.97. The van der Waals surface area contributed by atoms with Gasteiger partial charge in [-0.25, -0.2) is 18.5 Å². The first kappa shape index (κ1) is 12.7. The maximum atomic E-state index is 11.1. The van der Waals surface area contributed by atoms with Crippen LogP contribution < -0.4 is 10.5 Å². The molecule has 0 spiro atoms. The quantitative estimate of drug-likeness (QED) is 0.746. The molecule has 1 aliphatic carbocycles. The number of nitrogens with zero attached hydrogens (tertiary/aromatic N) is 1. The van der Waals surface area contributed by atoms with Gasteiger partial charge in [-0.05, 0) is 12.8 Å². The minimum absolute atomic E-state index is 0.0327. The van der Waals surface area contributed by atoms with Crippen molar-refractivity contribution >= 4 is 26.5 Å². The molecule has 0 radical (unpaired) electrons. The van der Waals surface area contributed by atoms with Gasteiger partial charge in [-0.2, -0.15) is 0 Å². The molecular formula is C9H15N3O3S2. The lowest BCUT2D eigenvalue weighted by Crippen LogP contribution is -2.36. The van der Waals surface area contributed by atoms with Crippen LogP contribution in [0.2, 0.25) is 0 Å². The highest BCUT2D eigenvalue weighted by molar-refractivity contribution is 7.91. The average molecular weight is 277 g/mol. The van der Waals surface area contributed by atoms with Gasteiger partial charge in [0.1, 0.15) is 0 Å². The summed E-state index contributed by atoms with van der Waals surface area (Å²) in [6, 6.07) is -0.0526. The molecule has 1 saturated carbocycles. The number of sulfonamides is 1. The van der Waals surface area contributed by atoms with E-state index in [2.05, 4.69) is 10.3 Å². The van der Waals surface area contributed by atoms with Crippen LogP contribution >= 0.6 is 11.3 Å². The normalized spacial score (nSPS) is 25.8. The fourth-order valence-electron chi connectivity index (χ4n) is 1.90. The summed E-state index contributed by atoms with van der Waals surface area (Å²) in [5, 5.41) is 18.3. The second-order valence-electron chi connectivity index (χ2n) is 4.13. The van der Waals surface area contributed by atoms with E-state index in [-0.39, 0.29) is 10.3 Å². The number of rotatable bonds is 3. The standard InChI is InChI=1S/C9H15N3O3S2/c10-17(14,15)8-5-11-9(16-8)12-6-3-1-2-4-7(6)13/h5-7,13H,1-4H2,(H,11,12)(H2,10,14,15)/t6-,7-/m0/s1. The lowest BCUT2D eigenvalue weighted by molar-refractivity contribution is 0.116. The molecule has 1 heterocycles. The van der Waals surface area contributed by atoms with Crippen LogP contribution in [-0.4, -0.2) is 30.7 Å². The van der Waals surface area contributed by atoms with E-state index in [4.69, 9.17) is 5.14 Å². The molecule has 0 aromatic carbocycles. The minimum atomic E-state index is -3.68. The van der Waals surface area contributed by atoms with E-state index >= 15 is 0 Å². The highest BCUT2D eigenvalue weighted by Gasteiger charge is 2.24. The third-order valence-corrected chi connectivity index (χ3v) is 5.14. The number of hydrogen-bond donors (Lipinski definition) is 3. The Kier molecular flexibility index (Phi) is 3.67. The van der Waals surface area contributed by atoms with Crippen LogP contribution in [0.25, 0.3) is 0 Å². The van der Waals surface area contributed by atoms with Crippen LogP contribution in [0, 0.1) is 0 Å². The Labute approximate surface area is 104 Å². The van der Waals surface area contributed by atoms with E-state index in [0.717, 1.165) is 37.0 Å². The molecule has 0 aliphatic heterocycles. The predicted molar refractivity (Wildman–Crippen MR) is 65.4 cm³/mol. The van der Waals surface area contributed by atoms with Crippen LogP contribution in [0.4, 0.5) is 5.13 Å². The van der Waals surface area contributed by atoms with Crippen molar-refractivity contribution in [3.05, 3.63) is 6.20 Å². The van der Waals surface area contributed by atoms with Gasteiger partial charge in [0.05, 0.1) is 18.3 Å². The van der Waals surface area contributed by atoms with Crippen molar-refractivity contribution in [3.63, 3.8) is 0 Å². The molecule has 2 rings (SSSR count). The summed E-state index contributed by atoms with van der Waals surface area (Å²) in [6.07, 6.45) is 4.56. The van der Waals surface area contributed by atoms with Crippen molar-refractivity contribution in [3.8, 4) is 0 Å². The van der Waals surface area contributed by atoms with E-state index in [1.807, 2.05) is 0 Å². The second kappa shape index (κ2) is 4.89. The molecule has 0 amide bonds. The number of nitrogens with one attached hydrogen (secondary N) is 1. The van der Waals surface area contributed by atoms with Crippen molar-refractivity contribution in [1.29, 1.82) is 0 Å². The lowest BCUT2D eigenvalue weighted by Gasteiger charge is -2.27. The van der Waals surface area contributed by atoms with Gasteiger partial charge in [0.15, 0.2) is 9.34 Å². The molecule has 1 fully saturated rings. The highest BCUT2D eigenvalue weighted by atomic mass is 32.2. The summed E-state index contributed by atoms with van der Waals surface area (Å²) in [7, 11) is -3.68. The number of aliphatic hydroxyl groups is 1. The Balaban J connectivity index is 2.06. The number of nitrogens with two attached hydrogens (primary N) is 1. The third kappa shape index (κ3) is 3.15. The molecule has 0 unspecified atom stereocenters. The fourth-order valence-corrected chi connectivity index (χ4v) is 3.41. The number of primary sulfonamides is 1. The molecule has 0 saturated heterocycles. The smallest absolute Gasteiger partial charge is 0.249 e. The minimum Gasteiger partial charge on any atom is -0.391 e. The molecule has 2 atom stereocenters. The highest BCUT2D eigenvalue weighted by Crippen LogP contribution is 2.26. The Morgan fingerprint density at radius 3 is 2.76 bits per heavy atom. The summed E-state index contributed by atoms with van der Waals surface area (Å²) in [5.41, 5.74) is 0. The van der Waals surface area contributed by atoms with Gasteiger partial charge in [0, 0.05) is 0 Å². The summed E-state index contributed by atoms with van der Waals surface area (Å²) in [5.74, 6) is 0.